The Morgan fingerprint density at radius 3 is 2.73 bits per heavy atom. The predicted molar refractivity (Wildman–Crippen MR) is 124 cm³/mol. The number of hydrogen-bond acceptors (Lipinski definition) is 7. The van der Waals surface area contributed by atoms with Gasteiger partial charge >= 0.3 is 0 Å². The van der Waals surface area contributed by atoms with Gasteiger partial charge in [0.15, 0.2) is 21.3 Å². The Balaban J connectivity index is 1.56. The van der Waals surface area contributed by atoms with E-state index in [-0.39, 0.29) is 41.9 Å². The quantitative estimate of drug-likeness (QED) is 0.383. The van der Waals surface area contributed by atoms with Crippen LogP contribution in [-0.2, 0) is 14.6 Å². The highest BCUT2D eigenvalue weighted by Crippen LogP contribution is 2.25. The van der Waals surface area contributed by atoms with Gasteiger partial charge in [0.25, 0.3) is 0 Å². The van der Waals surface area contributed by atoms with E-state index in [2.05, 4.69) is 10.1 Å². The van der Waals surface area contributed by atoms with E-state index in [0.717, 1.165) is 5.69 Å². The van der Waals surface area contributed by atoms with Crippen molar-refractivity contribution in [3.05, 3.63) is 71.6 Å². The standard InChI is InChI=1S/C23H24N4O5S/c28-22(11-17-9-10-33(31,32)16-17)14-24-13-19-15-26(20-6-2-1-3-7-20)25-23(19)18-5-4-8-21(12-18)27(29)30/h1-8,12-13,15,17,27,29H,9-11,14,16H2. The smallest absolute Gasteiger partial charge is 0.164 e. The molecule has 2 heterocycles. The van der Waals surface area contributed by atoms with Gasteiger partial charge in [0, 0.05) is 42.1 Å². The molecule has 1 fully saturated rings. The van der Waals surface area contributed by atoms with E-state index in [4.69, 9.17) is 0 Å². The zero-order valence-corrected chi connectivity index (χ0v) is 18.6. The number of sulfone groups is 1. The number of carbonyl (C=O) groups is 1. The SMILES string of the molecule is O=C(CN=Cc1cn(-c2ccccc2)nc1-c1cccc([NH+]([O-])O)c1)CC1CCS(=O)(=O)C1. The summed E-state index contributed by atoms with van der Waals surface area (Å²) in [4.78, 5) is 16.6. The van der Waals surface area contributed by atoms with Crippen LogP contribution >= 0.6 is 0 Å². The normalized spacial score (nSPS) is 18.5. The average Bonchev–Trinajstić information content (AvgIpc) is 3.37. The Bertz CT molecular complexity index is 1270. The van der Waals surface area contributed by atoms with Crippen LogP contribution in [0, 0.1) is 11.1 Å². The lowest BCUT2D eigenvalue weighted by Crippen LogP contribution is -2.99. The van der Waals surface area contributed by atoms with E-state index < -0.39 is 15.1 Å². The van der Waals surface area contributed by atoms with Crippen molar-refractivity contribution in [2.45, 2.75) is 12.8 Å². The van der Waals surface area contributed by atoms with Crippen LogP contribution in [0.2, 0.25) is 0 Å². The van der Waals surface area contributed by atoms with Gasteiger partial charge in [-0.15, -0.1) is 0 Å². The number of carbonyl (C=O) groups excluding carboxylic acids is 1. The predicted octanol–water partition coefficient (Wildman–Crippen LogP) is 1.76. The summed E-state index contributed by atoms with van der Waals surface area (Å²) >= 11 is 0. The first-order chi connectivity index (χ1) is 15.8. The molecule has 3 aromatic rings. The highest BCUT2D eigenvalue weighted by atomic mass is 32.2. The minimum absolute atomic E-state index is 0.0539. The van der Waals surface area contributed by atoms with Gasteiger partial charge in [-0.1, -0.05) is 30.3 Å². The Labute approximate surface area is 191 Å². The van der Waals surface area contributed by atoms with Crippen molar-refractivity contribution in [3.8, 4) is 16.9 Å². The molecule has 0 amide bonds. The number of Topliss-reactive ketones (excluding diaryl/α,β-unsaturated/α-hetero) is 1. The molecule has 0 aliphatic carbocycles. The molecule has 2 unspecified atom stereocenters. The summed E-state index contributed by atoms with van der Waals surface area (Å²) in [6, 6.07) is 15.9. The molecule has 0 radical (unpaired) electrons. The lowest BCUT2D eigenvalue weighted by molar-refractivity contribution is -0.991. The minimum Gasteiger partial charge on any atom is -0.595 e. The molecule has 172 valence electrons. The third-order valence-corrected chi connectivity index (χ3v) is 7.32. The second kappa shape index (κ2) is 9.75. The van der Waals surface area contributed by atoms with Gasteiger partial charge in [-0.25, -0.2) is 18.3 Å². The first kappa shape index (κ1) is 23.0. The summed E-state index contributed by atoms with van der Waals surface area (Å²) in [5.74, 6) is -0.0340. The summed E-state index contributed by atoms with van der Waals surface area (Å²) in [7, 11) is -3.02. The molecule has 33 heavy (non-hydrogen) atoms. The highest BCUT2D eigenvalue weighted by Gasteiger charge is 2.29. The van der Waals surface area contributed by atoms with Crippen molar-refractivity contribution < 1.29 is 23.6 Å². The molecule has 2 aromatic carbocycles. The van der Waals surface area contributed by atoms with Crippen molar-refractivity contribution in [2.75, 3.05) is 18.1 Å². The maximum atomic E-state index is 12.3. The monoisotopic (exact) mass is 468 g/mol. The number of aromatic nitrogens is 2. The Morgan fingerprint density at radius 2 is 2.03 bits per heavy atom. The van der Waals surface area contributed by atoms with Gasteiger partial charge in [-0.05, 0) is 24.5 Å². The Hall–Kier alpha value is -3.18. The molecule has 1 aliphatic heterocycles. The zero-order valence-electron chi connectivity index (χ0n) is 17.8. The number of rotatable bonds is 8. The highest BCUT2D eigenvalue weighted by molar-refractivity contribution is 7.91. The fraction of sp³-hybridized carbons (Fsp3) is 0.261. The van der Waals surface area contributed by atoms with Crippen LogP contribution in [0.4, 0.5) is 5.69 Å². The largest absolute Gasteiger partial charge is 0.595 e. The Morgan fingerprint density at radius 1 is 1.24 bits per heavy atom. The zero-order chi connectivity index (χ0) is 23.4. The second-order valence-electron chi connectivity index (χ2n) is 8.08. The van der Waals surface area contributed by atoms with Gasteiger partial charge in [0.05, 0.1) is 23.7 Å². The van der Waals surface area contributed by atoms with Crippen molar-refractivity contribution >= 4 is 27.5 Å². The number of quaternary nitrogens is 1. The maximum Gasteiger partial charge on any atom is 0.164 e. The van der Waals surface area contributed by atoms with Crippen LogP contribution in [0.3, 0.4) is 0 Å². The Kier molecular flexibility index (Phi) is 6.80. The summed E-state index contributed by atoms with van der Waals surface area (Å²) in [6.07, 6.45) is 4.05. The summed E-state index contributed by atoms with van der Waals surface area (Å²) < 4.78 is 24.9. The van der Waals surface area contributed by atoms with E-state index in [9.17, 15) is 23.6 Å². The van der Waals surface area contributed by atoms with E-state index in [1.54, 1.807) is 35.3 Å². The molecule has 2 atom stereocenters. The van der Waals surface area contributed by atoms with Crippen LogP contribution in [0.1, 0.15) is 18.4 Å². The number of nitrogens with one attached hydrogen (secondary N) is 1. The number of hydrogen-bond donors (Lipinski definition) is 2. The lowest BCUT2D eigenvalue weighted by Gasteiger charge is -2.12. The summed E-state index contributed by atoms with van der Waals surface area (Å²) in [5, 5.41) is 24.3. The number of ketones is 1. The van der Waals surface area contributed by atoms with Crippen LogP contribution in [0.15, 0.2) is 65.8 Å². The topological polar surface area (TPSA) is 129 Å². The van der Waals surface area contributed by atoms with E-state index in [0.29, 0.717) is 23.2 Å². The first-order valence-electron chi connectivity index (χ1n) is 10.5. The van der Waals surface area contributed by atoms with Crippen molar-refractivity contribution in [2.24, 2.45) is 10.9 Å². The van der Waals surface area contributed by atoms with Gasteiger partial charge < -0.3 is 5.21 Å². The van der Waals surface area contributed by atoms with E-state index >= 15 is 0 Å². The molecule has 0 spiro atoms. The molecule has 1 aromatic heterocycles. The lowest BCUT2D eigenvalue weighted by atomic mass is 10.0. The minimum atomic E-state index is -3.02. The van der Waals surface area contributed by atoms with Crippen LogP contribution < -0.4 is 5.23 Å². The molecule has 0 saturated carbocycles. The molecule has 9 nitrogen and oxygen atoms in total. The molecule has 4 rings (SSSR count). The van der Waals surface area contributed by atoms with Gasteiger partial charge in [-0.2, -0.15) is 10.3 Å². The van der Waals surface area contributed by atoms with Crippen molar-refractivity contribution in [1.29, 1.82) is 0 Å². The third kappa shape index (κ3) is 5.79. The average molecular weight is 469 g/mol. The molecule has 10 heteroatoms. The second-order valence-corrected chi connectivity index (χ2v) is 10.3. The fourth-order valence-corrected chi connectivity index (χ4v) is 5.75. The van der Waals surface area contributed by atoms with Crippen molar-refractivity contribution in [1.82, 2.24) is 9.78 Å². The van der Waals surface area contributed by atoms with Crippen molar-refractivity contribution in [3.63, 3.8) is 0 Å². The molecule has 1 saturated heterocycles. The molecule has 1 aliphatic rings. The number of para-hydroxylation sites is 1. The number of nitrogens with zero attached hydrogens (tertiary/aromatic N) is 3. The van der Waals surface area contributed by atoms with Gasteiger partial charge in [-0.3, -0.25) is 9.79 Å². The number of benzene rings is 2. The third-order valence-electron chi connectivity index (χ3n) is 5.49. The van der Waals surface area contributed by atoms with Gasteiger partial charge in [0.2, 0.25) is 0 Å². The summed E-state index contributed by atoms with van der Waals surface area (Å²) in [5.41, 5.74) is 2.77. The first-order valence-corrected chi connectivity index (χ1v) is 12.3. The molecule has 0 bridgehead atoms. The summed E-state index contributed by atoms with van der Waals surface area (Å²) in [6.45, 7) is -0.0539. The molecule has 2 N–H and O–H groups in total. The molecular weight excluding hydrogens is 444 g/mol. The van der Waals surface area contributed by atoms with E-state index in [1.807, 2.05) is 30.3 Å². The van der Waals surface area contributed by atoms with E-state index in [1.165, 1.54) is 6.07 Å². The maximum absolute atomic E-state index is 12.3. The molecular formula is C23H24N4O5S. The fourth-order valence-electron chi connectivity index (χ4n) is 3.88. The van der Waals surface area contributed by atoms with Gasteiger partial charge in [0.1, 0.15) is 5.69 Å². The number of aliphatic imine (C=N–C) groups is 1. The van der Waals surface area contributed by atoms with Crippen LogP contribution in [0.5, 0.6) is 0 Å². The van der Waals surface area contributed by atoms with Crippen LogP contribution in [0.25, 0.3) is 16.9 Å². The van der Waals surface area contributed by atoms with Crippen LogP contribution in [-0.4, -0.2) is 53.5 Å².